The Labute approximate surface area is 123 Å². The van der Waals surface area contributed by atoms with E-state index in [0.29, 0.717) is 31.1 Å². The highest BCUT2D eigenvalue weighted by atomic mass is 35.5. The fraction of sp³-hybridized carbons (Fsp3) is 0.533. The second-order valence-corrected chi connectivity index (χ2v) is 5.87. The lowest BCUT2D eigenvalue weighted by Gasteiger charge is -2.40. The molecule has 2 fully saturated rings. The molecule has 1 spiro atoms. The number of hydrogen-bond acceptors (Lipinski definition) is 4. The number of benzene rings is 1. The zero-order valence-corrected chi connectivity index (χ0v) is 11.9. The van der Waals surface area contributed by atoms with E-state index in [2.05, 4.69) is 11.4 Å². The first-order valence-corrected chi connectivity index (χ1v) is 7.26. The molecule has 5 heteroatoms. The SMILES string of the molecule is N#CC1(Nc2ccc(Cl)cc2)CCC2(CC1)OCCO2. The van der Waals surface area contributed by atoms with Crippen LogP contribution in [0.2, 0.25) is 5.02 Å². The summed E-state index contributed by atoms with van der Waals surface area (Å²) >= 11 is 5.88. The molecule has 1 saturated carbocycles. The summed E-state index contributed by atoms with van der Waals surface area (Å²) in [6.07, 6.45) is 2.93. The fourth-order valence-electron chi connectivity index (χ4n) is 2.92. The molecule has 1 heterocycles. The Morgan fingerprint density at radius 2 is 1.65 bits per heavy atom. The van der Waals surface area contributed by atoms with Gasteiger partial charge in [0.15, 0.2) is 5.79 Å². The topological polar surface area (TPSA) is 54.3 Å². The Morgan fingerprint density at radius 1 is 1.05 bits per heavy atom. The molecule has 4 nitrogen and oxygen atoms in total. The van der Waals surface area contributed by atoms with Gasteiger partial charge in [0.1, 0.15) is 5.54 Å². The second kappa shape index (κ2) is 5.25. The van der Waals surface area contributed by atoms with E-state index in [9.17, 15) is 5.26 Å². The predicted molar refractivity (Wildman–Crippen MR) is 76.5 cm³/mol. The van der Waals surface area contributed by atoms with Gasteiger partial charge in [-0.05, 0) is 37.1 Å². The molecule has 3 rings (SSSR count). The van der Waals surface area contributed by atoms with Gasteiger partial charge >= 0.3 is 0 Å². The Kier molecular flexibility index (Phi) is 3.59. The first kappa shape index (κ1) is 13.7. The summed E-state index contributed by atoms with van der Waals surface area (Å²) in [6, 6.07) is 9.87. The number of rotatable bonds is 2. The number of nitrogens with zero attached hydrogens (tertiary/aromatic N) is 1. The number of halogens is 1. The minimum atomic E-state index is -0.547. The quantitative estimate of drug-likeness (QED) is 0.908. The number of nitrogens with one attached hydrogen (secondary N) is 1. The van der Waals surface area contributed by atoms with Gasteiger partial charge in [-0.25, -0.2) is 0 Å². The summed E-state index contributed by atoms with van der Waals surface area (Å²) in [5, 5.41) is 13.6. The van der Waals surface area contributed by atoms with E-state index in [4.69, 9.17) is 21.1 Å². The van der Waals surface area contributed by atoms with E-state index in [1.807, 2.05) is 24.3 Å². The molecule has 1 aliphatic carbocycles. The van der Waals surface area contributed by atoms with E-state index in [0.717, 1.165) is 18.5 Å². The van der Waals surface area contributed by atoms with Crippen molar-refractivity contribution in [2.45, 2.75) is 37.0 Å². The number of ether oxygens (including phenoxy) is 2. The van der Waals surface area contributed by atoms with Gasteiger partial charge in [0.05, 0.1) is 19.3 Å². The summed E-state index contributed by atoms with van der Waals surface area (Å²) < 4.78 is 11.4. The van der Waals surface area contributed by atoms with Crippen molar-refractivity contribution >= 4 is 17.3 Å². The average Bonchev–Trinajstić information content (AvgIpc) is 2.93. The highest BCUT2D eigenvalue weighted by molar-refractivity contribution is 6.30. The predicted octanol–water partition coefficient (Wildman–Crippen LogP) is 3.33. The smallest absolute Gasteiger partial charge is 0.168 e. The van der Waals surface area contributed by atoms with E-state index in [1.54, 1.807) is 0 Å². The van der Waals surface area contributed by atoms with Crippen molar-refractivity contribution < 1.29 is 9.47 Å². The van der Waals surface area contributed by atoms with Crippen molar-refractivity contribution in [3.63, 3.8) is 0 Å². The molecule has 20 heavy (non-hydrogen) atoms. The molecule has 1 aromatic rings. The monoisotopic (exact) mass is 292 g/mol. The molecule has 1 saturated heterocycles. The minimum Gasteiger partial charge on any atom is -0.367 e. The van der Waals surface area contributed by atoms with E-state index in [-0.39, 0.29) is 0 Å². The molecule has 0 aromatic heterocycles. The highest BCUT2D eigenvalue weighted by Gasteiger charge is 2.46. The normalized spacial score (nSPS) is 23.4. The maximum absolute atomic E-state index is 9.57. The Hall–Kier alpha value is -1.28. The zero-order chi connectivity index (χ0) is 14.1. The first-order valence-electron chi connectivity index (χ1n) is 6.88. The van der Waals surface area contributed by atoms with Gasteiger partial charge in [-0.15, -0.1) is 0 Å². The summed E-state index contributed by atoms with van der Waals surface area (Å²) in [7, 11) is 0. The van der Waals surface area contributed by atoms with Crippen LogP contribution in [0.4, 0.5) is 5.69 Å². The number of hydrogen-bond donors (Lipinski definition) is 1. The van der Waals surface area contributed by atoms with Crippen LogP contribution in [-0.2, 0) is 9.47 Å². The van der Waals surface area contributed by atoms with Crippen LogP contribution in [0, 0.1) is 11.3 Å². The number of nitriles is 1. The van der Waals surface area contributed by atoms with Crippen LogP contribution in [0.3, 0.4) is 0 Å². The average molecular weight is 293 g/mol. The number of anilines is 1. The first-order chi connectivity index (χ1) is 9.65. The van der Waals surface area contributed by atoms with Crippen LogP contribution in [0.25, 0.3) is 0 Å². The van der Waals surface area contributed by atoms with Crippen LogP contribution in [0.5, 0.6) is 0 Å². The molecule has 0 amide bonds. The van der Waals surface area contributed by atoms with E-state index < -0.39 is 11.3 Å². The lowest BCUT2D eigenvalue weighted by atomic mass is 9.79. The van der Waals surface area contributed by atoms with Crippen molar-refractivity contribution in [1.29, 1.82) is 5.26 Å². The fourth-order valence-corrected chi connectivity index (χ4v) is 3.04. The van der Waals surface area contributed by atoms with Gasteiger partial charge in [0, 0.05) is 23.6 Å². The van der Waals surface area contributed by atoms with Gasteiger partial charge in [0.25, 0.3) is 0 Å². The third-order valence-corrected chi connectivity index (χ3v) is 4.37. The largest absolute Gasteiger partial charge is 0.367 e. The van der Waals surface area contributed by atoms with Gasteiger partial charge in [-0.2, -0.15) is 5.26 Å². The Morgan fingerprint density at radius 3 is 2.20 bits per heavy atom. The van der Waals surface area contributed by atoms with Crippen LogP contribution >= 0.6 is 11.6 Å². The molecule has 1 N–H and O–H groups in total. The summed E-state index contributed by atoms with van der Waals surface area (Å²) in [4.78, 5) is 0. The van der Waals surface area contributed by atoms with E-state index in [1.165, 1.54) is 0 Å². The van der Waals surface area contributed by atoms with Gasteiger partial charge in [0.2, 0.25) is 0 Å². The Bertz CT molecular complexity index is 508. The maximum Gasteiger partial charge on any atom is 0.168 e. The molecular formula is C15H17ClN2O2. The molecule has 2 aliphatic rings. The lowest BCUT2D eigenvalue weighted by Crippen LogP contribution is -2.47. The molecule has 1 aliphatic heterocycles. The van der Waals surface area contributed by atoms with E-state index >= 15 is 0 Å². The summed E-state index contributed by atoms with van der Waals surface area (Å²) in [5.41, 5.74) is 0.370. The molecule has 0 unspecified atom stereocenters. The van der Waals surface area contributed by atoms with Crippen molar-refractivity contribution in [2.75, 3.05) is 18.5 Å². The van der Waals surface area contributed by atoms with Crippen LogP contribution in [-0.4, -0.2) is 24.5 Å². The van der Waals surface area contributed by atoms with Gasteiger partial charge in [-0.1, -0.05) is 11.6 Å². The van der Waals surface area contributed by atoms with Crippen LogP contribution < -0.4 is 5.32 Å². The van der Waals surface area contributed by atoms with Crippen molar-refractivity contribution in [3.8, 4) is 6.07 Å². The van der Waals surface area contributed by atoms with Crippen LogP contribution in [0.1, 0.15) is 25.7 Å². The third kappa shape index (κ3) is 2.62. The molecule has 0 bridgehead atoms. The zero-order valence-electron chi connectivity index (χ0n) is 11.2. The van der Waals surface area contributed by atoms with Crippen LogP contribution in [0.15, 0.2) is 24.3 Å². The summed E-state index contributed by atoms with van der Waals surface area (Å²) in [6.45, 7) is 1.31. The standard InChI is InChI=1S/C15H17ClN2O2/c16-12-1-3-13(4-2-12)18-14(11-17)5-7-15(8-6-14)19-9-10-20-15/h1-4,18H,5-10H2. The Balaban J connectivity index is 1.70. The third-order valence-electron chi connectivity index (χ3n) is 4.12. The van der Waals surface area contributed by atoms with Crippen molar-refractivity contribution in [3.05, 3.63) is 29.3 Å². The van der Waals surface area contributed by atoms with Crippen molar-refractivity contribution in [1.82, 2.24) is 0 Å². The second-order valence-electron chi connectivity index (χ2n) is 5.43. The minimum absolute atomic E-state index is 0.442. The lowest BCUT2D eigenvalue weighted by molar-refractivity contribution is -0.180. The molecule has 0 atom stereocenters. The van der Waals surface area contributed by atoms with Gasteiger partial charge in [-0.3, -0.25) is 0 Å². The van der Waals surface area contributed by atoms with Crippen molar-refractivity contribution in [2.24, 2.45) is 0 Å². The van der Waals surface area contributed by atoms with Gasteiger partial charge < -0.3 is 14.8 Å². The summed E-state index contributed by atoms with van der Waals surface area (Å²) in [5.74, 6) is -0.442. The molecule has 0 radical (unpaired) electrons. The molecule has 106 valence electrons. The molecule has 1 aromatic carbocycles. The molecular weight excluding hydrogens is 276 g/mol. The maximum atomic E-state index is 9.57. The highest BCUT2D eigenvalue weighted by Crippen LogP contribution is 2.41.